The Bertz CT molecular complexity index is 958. The second kappa shape index (κ2) is 9.20. The van der Waals surface area contributed by atoms with E-state index < -0.39 is 12.0 Å². The minimum atomic E-state index is -0.670. The number of benzene rings is 2. The van der Waals surface area contributed by atoms with Gasteiger partial charge in [-0.15, -0.1) is 0 Å². The molecule has 3 amide bonds. The summed E-state index contributed by atoms with van der Waals surface area (Å²) in [6, 6.07) is 16.4. The molecule has 2 aromatic carbocycles. The first kappa shape index (κ1) is 20.9. The SMILES string of the molecule is COc1cccc(N2CC(C(=O)NC(Cc3ccccc3)C(=O)NC3CC3)CC2=O)c1. The molecule has 7 heteroatoms. The molecule has 2 atom stereocenters. The Labute approximate surface area is 181 Å². The summed E-state index contributed by atoms with van der Waals surface area (Å²) in [6.45, 7) is 0.278. The van der Waals surface area contributed by atoms with Gasteiger partial charge < -0.3 is 20.3 Å². The smallest absolute Gasteiger partial charge is 0.243 e. The van der Waals surface area contributed by atoms with E-state index in [2.05, 4.69) is 10.6 Å². The topological polar surface area (TPSA) is 87.7 Å². The third kappa shape index (κ3) is 5.23. The molecular weight excluding hydrogens is 394 g/mol. The fourth-order valence-corrected chi connectivity index (χ4v) is 3.79. The lowest BCUT2D eigenvalue weighted by atomic mass is 10.0. The summed E-state index contributed by atoms with van der Waals surface area (Å²) in [6.07, 6.45) is 2.48. The van der Waals surface area contributed by atoms with Crippen LogP contribution in [0.1, 0.15) is 24.8 Å². The summed E-state index contributed by atoms with van der Waals surface area (Å²) in [4.78, 5) is 39.9. The fraction of sp³-hybridized carbons (Fsp3) is 0.375. The lowest BCUT2D eigenvalue weighted by Gasteiger charge is -2.21. The van der Waals surface area contributed by atoms with Gasteiger partial charge in [0.25, 0.3) is 0 Å². The number of nitrogens with one attached hydrogen (secondary N) is 2. The highest BCUT2D eigenvalue weighted by Crippen LogP contribution is 2.28. The monoisotopic (exact) mass is 421 g/mol. The highest BCUT2D eigenvalue weighted by molar-refractivity contribution is 6.01. The molecule has 162 valence electrons. The predicted molar refractivity (Wildman–Crippen MR) is 117 cm³/mol. The average Bonchev–Trinajstić information content (AvgIpc) is 3.51. The number of hydrogen-bond donors (Lipinski definition) is 2. The van der Waals surface area contributed by atoms with Crippen molar-refractivity contribution in [3.63, 3.8) is 0 Å². The summed E-state index contributed by atoms with van der Waals surface area (Å²) in [5, 5.41) is 5.88. The first-order valence-electron chi connectivity index (χ1n) is 10.6. The van der Waals surface area contributed by atoms with Crippen molar-refractivity contribution in [1.82, 2.24) is 10.6 Å². The Morgan fingerprint density at radius 1 is 1.13 bits per heavy atom. The number of carbonyl (C=O) groups is 3. The van der Waals surface area contributed by atoms with Crippen LogP contribution >= 0.6 is 0 Å². The highest BCUT2D eigenvalue weighted by Gasteiger charge is 2.37. The van der Waals surface area contributed by atoms with Gasteiger partial charge in [0.1, 0.15) is 11.8 Å². The largest absolute Gasteiger partial charge is 0.497 e. The molecule has 0 bridgehead atoms. The van der Waals surface area contributed by atoms with Crippen molar-refractivity contribution in [2.24, 2.45) is 5.92 Å². The molecule has 2 fully saturated rings. The van der Waals surface area contributed by atoms with Crippen LogP contribution in [0.25, 0.3) is 0 Å². The maximum atomic E-state index is 13.0. The van der Waals surface area contributed by atoms with Crippen LogP contribution in [0.4, 0.5) is 5.69 Å². The van der Waals surface area contributed by atoms with Crippen molar-refractivity contribution in [3.8, 4) is 5.75 Å². The van der Waals surface area contributed by atoms with Crippen LogP contribution < -0.4 is 20.3 Å². The zero-order valence-electron chi connectivity index (χ0n) is 17.5. The number of ether oxygens (including phenoxy) is 1. The molecule has 2 aromatic rings. The molecule has 0 spiro atoms. The molecule has 0 aromatic heterocycles. The molecular formula is C24H27N3O4. The van der Waals surface area contributed by atoms with Crippen molar-refractivity contribution in [1.29, 1.82) is 0 Å². The van der Waals surface area contributed by atoms with Crippen LogP contribution in [0.5, 0.6) is 5.75 Å². The highest BCUT2D eigenvalue weighted by atomic mass is 16.5. The number of carbonyl (C=O) groups excluding carboxylic acids is 3. The quantitative estimate of drug-likeness (QED) is 0.683. The zero-order chi connectivity index (χ0) is 21.8. The molecule has 1 aliphatic heterocycles. The van der Waals surface area contributed by atoms with Crippen molar-refractivity contribution in [2.75, 3.05) is 18.6 Å². The van der Waals surface area contributed by atoms with E-state index in [4.69, 9.17) is 4.74 Å². The predicted octanol–water partition coefficient (Wildman–Crippen LogP) is 2.05. The van der Waals surface area contributed by atoms with E-state index in [0.29, 0.717) is 17.9 Å². The summed E-state index contributed by atoms with van der Waals surface area (Å²) < 4.78 is 5.23. The van der Waals surface area contributed by atoms with Gasteiger partial charge in [-0.1, -0.05) is 36.4 Å². The average molecular weight is 421 g/mol. The first-order valence-corrected chi connectivity index (χ1v) is 10.6. The van der Waals surface area contributed by atoms with E-state index in [1.165, 1.54) is 0 Å². The van der Waals surface area contributed by atoms with Gasteiger partial charge in [0, 0.05) is 37.2 Å². The normalized spacial score (nSPS) is 19.1. The maximum absolute atomic E-state index is 13.0. The van der Waals surface area contributed by atoms with Crippen molar-refractivity contribution >= 4 is 23.4 Å². The molecule has 1 aliphatic carbocycles. The van der Waals surface area contributed by atoms with E-state index >= 15 is 0 Å². The summed E-state index contributed by atoms with van der Waals surface area (Å²) in [5.41, 5.74) is 1.67. The summed E-state index contributed by atoms with van der Waals surface area (Å²) in [7, 11) is 1.57. The van der Waals surface area contributed by atoms with Crippen LogP contribution in [0.3, 0.4) is 0 Å². The van der Waals surface area contributed by atoms with Crippen molar-refractivity contribution in [3.05, 3.63) is 60.2 Å². The van der Waals surface area contributed by atoms with E-state index in [9.17, 15) is 14.4 Å². The van der Waals surface area contributed by atoms with Crippen LogP contribution in [-0.4, -0.2) is 43.5 Å². The standard InChI is InChI=1S/C24H27N3O4/c1-31-20-9-5-8-19(14-20)27-15-17(13-22(27)28)23(29)26-21(24(30)25-18-10-11-18)12-16-6-3-2-4-7-16/h2-9,14,17-18,21H,10-13,15H2,1H3,(H,25,30)(H,26,29). The lowest BCUT2D eigenvalue weighted by molar-refractivity contribution is -0.131. The van der Waals surface area contributed by atoms with E-state index in [0.717, 1.165) is 18.4 Å². The third-order valence-corrected chi connectivity index (χ3v) is 5.70. The van der Waals surface area contributed by atoms with Gasteiger partial charge in [0.05, 0.1) is 13.0 Å². The first-order chi connectivity index (χ1) is 15.0. The van der Waals surface area contributed by atoms with Crippen LogP contribution in [0.15, 0.2) is 54.6 Å². The Morgan fingerprint density at radius 2 is 1.90 bits per heavy atom. The van der Waals surface area contributed by atoms with E-state index in [1.807, 2.05) is 42.5 Å². The van der Waals surface area contributed by atoms with Crippen LogP contribution in [0.2, 0.25) is 0 Å². The summed E-state index contributed by atoms with van der Waals surface area (Å²) >= 11 is 0. The van der Waals surface area contributed by atoms with Gasteiger partial charge in [-0.05, 0) is 30.5 Å². The number of amides is 3. The number of anilines is 1. The van der Waals surface area contributed by atoms with E-state index in [1.54, 1.807) is 24.1 Å². The third-order valence-electron chi connectivity index (χ3n) is 5.70. The molecule has 2 unspecified atom stereocenters. The van der Waals surface area contributed by atoms with E-state index in [-0.39, 0.29) is 36.7 Å². The molecule has 1 heterocycles. The minimum absolute atomic E-state index is 0.115. The van der Waals surface area contributed by atoms with Gasteiger partial charge in [-0.3, -0.25) is 14.4 Å². The number of rotatable bonds is 8. The van der Waals surface area contributed by atoms with Crippen molar-refractivity contribution < 1.29 is 19.1 Å². The van der Waals surface area contributed by atoms with Gasteiger partial charge in [-0.25, -0.2) is 0 Å². The molecule has 2 aliphatic rings. The number of methoxy groups -OCH3 is 1. The Balaban J connectivity index is 1.43. The van der Waals surface area contributed by atoms with Crippen LogP contribution in [0, 0.1) is 5.92 Å². The maximum Gasteiger partial charge on any atom is 0.243 e. The summed E-state index contributed by atoms with van der Waals surface area (Å²) in [5.74, 6) is -0.418. The van der Waals surface area contributed by atoms with Gasteiger partial charge in [-0.2, -0.15) is 0 Å². The Morgan fingerprint density at radius 3 is 2.61 bits per heavy atom. The van der Waals surface area contributed by atoms with Gasteiger partial charge in [0.2, 0.25) is 17.7 Å². The number of hydrogen-bond acceptors (Lipinski definition) is 4. The minimum Gasteiger partial charge on any atom is -0.497 e. The van der Waals surface area contributed by atoms with Gasteiger partial charge in [0.15, 0.2) is 0 Å². The van der Waals surface area contributed by atoms with Crippen molar-refractivity contribution in [2.45, 2.75) is 37.8 Å². The fourth-order valence-electron chi connectivity index (χ4n) is 3.79. The zero-order valence-corrected chi connectivity index (χ0v) is 17.5. The Kier molecular flexibility index (Phi) is 6.21. The molecule has 4 rings (SSSR count). The molecule has 2 N–H and O–H groups in total. The van der Waals surface area contributed by atoms with Crippen LogP contribution in [-0.2, 0) is 20.8 Å². The molecule has 31 heavy (non-hydrogen) atoms. The lowest BCUT2D eigenvalue weighted by Crippen LogP contribution is -2.50. The Hall–Kier alpha value is -3.35. The second-order valence-corrected chi connectivity index (χ2v) is 8.14. The second-order valence-electron chi connectivity index (χ2n) is 8.14. The molecule has 1 saturated heterocycles. The molecule has 0 radical (unpaired) electrons. The number of nitrogens with zero attached hydrogens (tertiary/aromatic N) is 1. The molecule has 7 nitrogen and oxygen atoms in total. The molecule has 1 saturated carbocycles. The van der Waals surface area contributed by atoms with Gasteiger partial charge >= 0.3 is 0 Å².